The van der Waals surface area contributed by atoms with Crippen LogP contribution in [0.25, 0.3) is 0 Å². The second kappa shape index (κ2) is 5.98. The lowest BCUT2D eigenvalue weighted by Crippen LogP contribution is -2.23. The smallest absolute Gasteiger partial charge is 0.165 e. The largest absolute Gasteiger partial charge is 0.367 e. The van der Waals surface area contributed by atoms with E-state index in [1.165, 1.54) is 12.1 Å². The maximum absolute atomic E-state index is 13.2. The van der Waals surface area contributed by atoms with E-state index in [1.807, 2.05) is 24.3 Å². The van der Waals surface area contributed by atoms with E-state index in [0.29, 0.717) is 13.0 Å². The SMILES string of the molecule is O=C1CCCN(Cc2ccc(F)cc2Br)c2ccccc21. The topological polar surface area (TPSA) is 20.3 Å². The maximum Gasteiger partial charge on any atom is 0.165 e. The molecule has 0 aromatic heterocycles. The van der Waals surface area contributed by atoms with Crippen molar-refractivity contribution in [3.63, 3.8) is 0 Å². The summed E-state index contributed by atoms with van der Waals surface area (Å²) in [5.41, 5.74) is 2.77. The number of para-hydroxylation sites is 1. The molecule has 0 bridgehead atoms. The van der Waals surface area contributed by atoms with Gasteiger partial charge in [-0.15, -0.1) is 0 Å². The molecule has 0 spiro atoms. The van der Waals surface area contributed by atoms with Gasteiger partial charge in [-0.2, -0.15) is 0 Å². The molecule has 0 saturated heterocycles. The molecule has 0 amide bonds. The summed E-state index contributed by atoms with van der Waals surface area (Å²) in [4.78, 5) is 14.3. The number of anilines is 1. The molecular formula is C17H15BrFNO. The van der Waals surface area contributed by atoms with Gasteiger partial charge in [-0.1, -0.05) is 34.1 Å². The lowest BCUT2D eigenvalue weighted by atomic mass is 10.1. The van der Waals surface area contributed by atoms with Crippen LogP contribution in [0.5, 0.6) is 0 Å². The van der Waals surface area contributed by atoms with Crippen LogP contribution in [0.3, 0.4) is 0 Å². The van der Waals surface area contributed by atoms with Gasteiger partial charge >= 0.3 is 0 Å². The molecule has 0 saturated carbocycles. The van der Waals surface area contributed by atoms with Crippen LogP contribution >= 0.6 is 15.9 Å². The number of carbonyl (C=O) groups is 1. The standard InChI is InChI=1S/C17H15BrFNO/c18-15-10-13(19)8-7-12(15)11-20-9-3-6-17(21)14-4-1-2-5-16(14)20/h1-2,4-5,7-8,10H,3,6,9,11H2. The molecule has 4 heteroatoms. The van der Waals surface area contributed by atoms with Crippen molar-refractivity contribution >= 4 is 27.4 Å². The predicted molar refractivity (Wildman–Crippen MR) is 85.2 cm³/mol. The van der Waals surface area contributed by atoms with Crippen molar-refractivity contribution in [1.82, 2.24) is 0 Å². The Bertz CT molecular complexity index is 686. The Hall–Kier alpha value is -1.68. The van der Waals surface area contributed by atoms with Crippen molar-refractivity contribution in [3.8, 4) is 0 Å². The van der Waals surface area contributed by atoms with Crippen LogP contribution in [0.4, 0.5) is 10.1 Å². The second-order valence-electron chi connectivity index (χ2n) is 5.20. The molecule has 2 aromatic rings. The molecule has 0 aliphatic carbocycles. The zero-order valence-electron chi connectivity index (χ0n) is 11.5. The summed E-state index contributed by atoms with van der Waals surface area (Å²) in [6, 6.07) is 12.4. The predicted octanol–water partition coefficient (Wildman–Crippen LogP) is 4.57. The lowest BCUT2D eigenvalue weighted by Gasteiger charge is -2.25. The average Bonchev–Trinajstić information content (AvgIpc) is 2.63. The highest BCUT2D eigenvalue weighted by Crippen LogP contribution is 2.29. The van der Waals surface area contributed by atoms with Gasteiger partial charge in [0.25, 0.3) is 0 Å². The zero-order valence-corrected chi connectivity index (χ0v) is 13.1. The number of Topliss-reactive ketones (excluding diaryl/α,β-unsaturated/α-hetero) is 1. The Balaban J connectivity index is 1.95. The van der Waals surface area contributed by atoms with Crippen LogP contribution in [0.15, 0.2) is 46.9 Å². The molecule has 2 nitrogen and oxygen atoms in total. The number of halogens is 2. The van der Waals surface area contributed by atoms with Crippen molar-refractivity contribution in [2.45, 2.75) is 19.4 Å². The summed E-state index contributed by atoms with van der Waals surface area (Å²) >= 11 is 3.41. The number of nitrogens with zero attached hydrogens (tertiary/aromatic N) is 1. The van der Waals surface area contributed by atoms with E-state index in [2.05, 4.69) is 20.8 Å². The van der Waals surface area contributed by atoms with Gasteiger partial charge in [-0.25, -0.2) is 4.39 Å². The van der Waals surface area contributed by atoms with E-state index in [0.717, 1.165) is 34.3 Å². The molecular weight excluding hydrogens is 333 g/mol. The fourth-order valence-electron chi connectivity index (χ4n) is 2.69. The number of hydrogen-bond acceptors (Lipinski definition) is 2. The first-order chi connectivity index (χ1) is 10.1. The fourth-order valence-corrected chi connectivity index (χ4v) is 3.17. The molecule has 3 rings (SSSR count). The van der Waals surface area contributed by atoms with Crippen LogP contribution in [0, 0.1) is 5.82 Å². The summed E-state index contributed by atoms with van der Waals surface area (Å²) in [5.74, 6) is -0.0525. The van der Waals surface area contributed by atoms with E-state index < -0.39 is 0 Å². The summed E-state index contributed by atoms with van der Waals surface area (Å²) in [5, 5.41) is 0. The molecule has 0 N–H and O–H groups in total. The Kier molecular flexibility index (Phi) is 4.06. The molecule has 0 atom stereocenters. The first-order valence-corrected chi connectivity index (χ1v) is 7.75. The van der Waals surface area contributed by atoms with E-state index in [4.69, 9.17) is 0 Å². The highest BCUT2D eigenvalue weighted by Gasteiger charge is 2.20. The van der Waals surface area contributed by atoms with Crippen molar-refractivity contribution in [1.29, 1.82) is 0 Å². The van der Waals surface area contributed by atoms with E-state index in [-0.39, 0.29) is 11.6 Å². The molecule has 0 fully saturated rings. The Morgan fingerprint density at radius 2 is 2.00 bits per heavy atom. The summed E-state index contributed by atoms with van der Waals surface area (Å²) < 4.78 is 14.0. The van der Waals surface area contributed by atoms with Crippen LogP contribution in [0.1, 0.15) is 28.8 Å². The summed E-state index contributed by atoms with van der Waals surface area (Å²) in [7, 11) is 0. The highest BCUT2D eigenvalue weighted by atomic mass is 79.9. The van der Waals surface area contributed by atoms with Gasteiger partial charge in [0, 0.05) is 35.2 Å². The first-order valence-electron chi connectivity index (χ1n) is 6.96. The zero-order chi connectivity index (χ0) is 14.8. The van der Waals surface area contributed by atoms with Crippen molar-refractivity contribution < 1.29 is 9.18 Å². The minimum Gasteiger partial charge on any atom is -0.367 e. The molecule has 108 valence electrons. The molecule has 1 aliphatic heterocycles. The third-order valence-corrected chi connectivity index (χ3v) is 4.49. The summed E-state index contributed by atoms with van der Waals surface area (Å²) in [6.45, 7) is 1.48. The third kappa shape index (κ3) is 3.00. The monoisotopic (exact) mass is 347 g/mol. The second-order valence-corrected chi connectivity index (χ2v) is 6.06. The van der Waals surface area contributed by atoms with Gasteiger partial charge in [0.2, 0.25) is 0 Å². The van der Waals surface area contributed by atoms with Gasteiger partial charge < -0.3 is 4.90 Å². The van der Waals surface area contributed by atoms with Crippen LogP contribution in [-0.4, -0.2) is 12.3 Å². The molecule has 1 heterocycles. The van der Waals surface area contributed by atoms with Crippen molar-refractivity contribution in [3.05, 3.63) is 63.9 Å². The minimum atomic E-state index is -0.253. The van der Waals surface area contributed by atoms with E-state index in [9.17, 15) is 9.18 Å². The number of benzene rings is 2. The Morgan fingerprint density at radius 1 is 1.19 bits per heavy atom. The Labute approximate surface area is 131 Å². The van der Waals surface area contributed by atoms with Gasteiger partial charge in [-0.05, 0) is 36.2 Å². The van der Waals surface area contributed by atoms with Crippen LogP contribution in [-0.2, 0) is 6.54 Å². The number of carbonyl (C=O) groups excluding carboxylic acids is 1. The average molecular weight is 348 g/mol. The number of ketones is 1. The Morgan fingerprint density at radius 3 is 2.81 bits per heavy atom. The third-order valence-electron chi connectivity index (χ3n) is 3.75. The maximum atomic E-state index is 13.2. The number of rotatable bonds is 2. The van der Waals surface area contributed by atoms with Gasteiger partial charge in [-0.3, -0.25) is 4.79 Å². The van der Waals surface area contributed by atoms with Crippen molar-refractivity contribution in [2.75, 3.05) is 11.4 Å². The van der Waals surface area contributed by atoms with E-state index >= 15 is 0 Å². The molecule has 2 aromatic carbocycles. The quantitative estimate of drug-likeness (QED) is 0.792. The van der Waals surface area contributed by atoms with Gasteiger partial charge in [0.1, 0.15) is 5.82 Å². The molecule has 0 unspecified atom stereocenters. The van der Waals surface area contributed by atoms with E-state index in [1.54, 1.807) is 6.07 Å². The number of fused-ring (bicyclic) bond motifs is 1. The molecule has 21 heavy (non-hydrogen) atoms. The first kappa shape index (κ1) is 14.3. The minimum absolute atomic E-state index is 0.200. The molecule has 1 aliphatic rings. The van der Waals surface area contributed by atoms with Gasteiger partial charge in [0.05, 0.1) is 0 Å². The van der Waals surface area contributed by atoms with Crippen molar-refractivity contribution in [2.24, 2.45) is 0 Å². The fraction of sp³-hybridized carbons (Fsp3) is 0.235. The molecule has 0 radical (unpaired) electrons. The highest BCUT2D eigenvalue weighted by molar-refractivity contribution is 9.10. The number of hydrogen-bond donors (Lipinski definition) is 0. The lowest BCUT2D eigenvalue weighted by molar-refractivity contribution is 0.0984. The van der Waals surface area contributed by atoms with Crippen LogP contribution in [0.2, 0.25) is 0 Å². The normalized spacial score (nSPS) is 14.8. The summed E-state index contributed by atoms with van der Waals surface area (Å²) in [6.07, 6.45) is 1.42. The van der Waals surface area contributed by atoms with Gasteiger partial charge in [0.15, 0.2) is 5.78 Å². The van der Waals surface area contributed by atoms with Crippen LogP contribution < -0.4 is 4.90 Å².